The van der Waals surface area contributed by atoms with Gasteiger partial charge in [-0.15, -0.1) is 0 Å². The van der Waals surface area contributed by atoms with Crippen molar-refractivity contribution in [2.24, 2.45) is 23.2 Å². The van der Waals surface area contributed by atoms with E-state index in [2.05, 4.69) is 31.2 Å². The number of hydrogen-bond acceptors (Lipinski definition) is 2. The van der Waals surface area contributed by atoms with Crippen molar-refractivity contribution in [1.29, 1.82) is 0 Å². The lowest BCUT2D eigenvalue weighted by Crippen LogP contribution is -2.50. The number of Topliss-reactive ketones (excluding diaryl/α,β-unsaturated/α-hetero) is 1. The van der Waals surface area contributed by atoms with Gasteiger partial charge in [0.25, 0.3) is 0 Å². The third kappa shape index (κ3) is 4.05. The van der Waals surface area contributed by atoms with E-state index in [4.69, 9.17) is 0 Å². The molecule has 35 heavy (non-hydrogen) atoms. The summed E-state index contributed by atoms with van der Waals surface area (Å²) in [6.07, 6.45) is 7.48. The number of carbonyl (C=O) groups is 1. The van der Waals surface area contributed by atoms with Gasteiger partial charge in [0.05, 0.1) is 5.66 Å². The largest absolute Gasteiger partial charge is 0.313 e. The molecule has 0 aliphatic heterocycles. The molecule has 1 unspecified atom stereocenters. The monoisotopic (exact) mass is 482 g/mol. The highest BCUT2D eigenvalue weighted by Gasteiger charge is 2.55. The Morgan fingerprint density at radius 1 is 0.771 bits per heavy atom. The second kappa shape index (κ2) is 8.90. The zero-order valence-corrected chi connectivity index (χ0v) is 21.5. The highest BCUT2D eigenvalue weighted by atomic mass is 31.2. The lowest BCUT2D eigenvalue weighted by Gasteiger charge is -2.56. The zero-order chi connectivity index (χ0) is 24.0. The van der Waals surface area contributed by atoms with Crippen molar-refractivity contribution in [1.82, 2.24) is 0 Å². The molecule has 0 amide bonds. The molecule has 4 aliphatic rings. The summed E-state index contributed by atoms with van der Waals surface area (Å²) in [6.45, 7) is 2.08. The van der Waals surface area contributed by atoms with Gasteiger partial charge in [0, 0.05) is 22.4 Å². The van der Waals surface area contributed by atoms with E-state index in [0.717, 1.165) is 53.2 Å². The average Bonchev–Trinajstić information content (AvgIpc) is 2.87. The highest BCUT2D eigenvalue weighted by molar-refractivity contribution is 7.79. The van der Waals surface area contributed by atoms with E-state index in [-0.39, 0.29) is 11.1 Å². The summed E-state index contributed by atoms with van der Waals surface area (Å²) in [5, 5.41) is 1.69. The van der Waals surface area contributed by atoms with E-state index in [1.807, 2.05) is 60.7 Å². The summed E-state index contributed by atoms with van der Waals surface area (Å²) in [5.41, 5.74) is 1.66. The van der Waals surface area contributed by atoms with Gasteiger partial charge in [0.1, 0.15) is 5.78 Å². The molecular weight excluding hydrogens is 447 g/mol. The van der Waals surface area contributed by atoms with Crippen LogP contribution in [0.3, 0.4) is 0 Å². The van der Waals surface area contributed by atoms with Gasteiger partial charge in [0.2, 0.25) is 0 Å². The van der Waals surface area contributed by atoms with Crippen LogP contribution >= 0.6 is 7.14 Å². The fourth-order valence-corrected chi connectivity index (χ4v) is 11.2. The van der Waals surface area contributed by atoms with E-state index < -0.39 is 7.14 Å². The Balaban J connectivity index is 1.46. The van der Waals surface area contributed by atoms with Gasteiger partial charge in [-0.1, -0.05) is 90.5 Å². The number of rotatable bonds is 7. The first-order valence-electron chi connectivity index (χ1n) is 13.3. The Labute approximate surface area is 209 Å². The topological polar surface area (TPSA) is 34.1 Å². The molecule has 1 atom stereocenters. The lowest BCUT2D eigenvalue weighted by molar-refractivity contribution is -0.143. The van der Waals surface area contributed by atoms with Gasteiger partial charge >= 0.3 is 0 Å². The van der Waals surface area contributed by atoms with Gasteiger partial charge in [0.15, 0.2) is 7.14 Å². The van der Waals surface area contributed by atoms with Crippen molar-refractivity contribution in [2.45, 2.75) is 57.5 Å². The van der Waals surface area contributed by atoms with E-state index in [9.17, 15) is 4.79 Å². The molecule has 3 heteroatoms. The molecule has 4 saturated carbocycles. The predicted molar refractivity (Wildman–Crippen MR) is 144 cm³/mol. The molecule has 0 aromatic heterocycles. The Bertz CT molecular complexity index is 1170. The molecule has 7 rings (SSSR count). The minimum atomic E-state index is -3.14. The molecule has 4 aliphatic carbocycles. The summed E-state index contributed by atoms with van der Waals surface area (Å²) in [4.78, 5) is 14.3. The number of carbonyl (C=O) groups excluding carboxylic acids is 1. The number of aryl methyl sites for hydroxylation is 1. The summed E-state index contributed by atoms with van der Waals surface area (Å²) >= 11 is 0. The Kier molecular flexibility index (Phi) is 5.84. The van der Waals surface area contributed by atoms with Gasteiger partial charge in [-0.25, -0.2) is 0 Å². The number of benzene rings is 3. The summed E-state index contributed by atoms with van der Waals surface area (Å²) in [7, 11) is -3.14. The Hall–Kier alpha value is -2.44. The Morgan fingerprint density at radius 2 is 1.23 bits per heavy atom. The SMILES string of the molecule is Cc1ccc(C(CC(=O)C23CC4CC(CC(C4)C2)C3)P(=O)(c2ccccc2)c2ccccc2)cc1. The van der Waals surface area contributed by atoms with Crippen LogP contribution in [0.1, 0.15) is 61.7 Å². The maximum atomic E-state index is 15.4. The average molecular weight is 483 g/mol. The fraction of sp³-hybridized carbons (Fsp3) is 0.406. The van der Waals surface area contributed by atoms with Crippen molar-refractivity contribution in [3.05, 3.63) is 96.1 Å². The van der Waals surface area contributed by atoms with Crippen LogP contribution in [0.15, 0.2) is 84.9 Å². The zero-order valence-electron chi connectivity index (χ0n) is 20.6. The van der Waals surface area contributed by atoms with Crippen LogP contribution in [0.25, 0.3) is 0 Å². The molecule has 3 aromatic carbocycles. The highest BCUT2D eigenvalue weighted by Crippen LogP contribution is 2.64. The van der Waals surface area contributed by atoms with E-state index >= 15 is 4.57 Å². The van der Waals surface area contributed by atoms with Gasteiger partial charge in [-0.3, -0.25) is 4.79 Å². The third-order valence-electron chi connectivity index (χ3n) is 9.19. The Morgan fingerprint density at radius 3 is 1.69 bits per heavy atom. The van der Waals surface area contributed by atoms with Crippen molar-refractivity contribution < 1.29 is 9.36 Å². The van der Waals surface area contributed by atoms with Crippen LogP contribution in [0, 0.1) is 30.1 Å². The molecule has 2 nitrogen and oxygen atoms in total. The maximum absolute atomic E-state index is 15.4. The minimum Gasteiger partial charge on any atom is -0.313 e. The summed E-state index contributed by atoms with van der Waals surface area (Å²) in [6, 6.07) is 28.2. The molecular formula is C32H35O2P. The van der Waals surface area contributed by atoms with Gasteiger partial charge in [-0.05, 0) is 68.8 Å². The van der Waals surface area contributed by atoms with Gasteiger partial charge < -0.3 is 4.57 Å². The van der Waals surface area contributed by atoms with Crippen LogP contribution < -0.4 is 10.6 Å². The molecule has 0 N–H and O–H groups in total. The fourth-order valence-electron chi connectivity index (χ4n) is 7.90. The molecule has 4 bridgehead atoms. The minimum absolute atomic E-state index is 0.185. The van der Waals surface area contributed by atoms with Crippen LogP contribution in [-0.2, 0) is 9.36 Å². The van der Waals surface area contributed by atoms with Crippen LogP contribution in [-0.4, -0.2) is 5.78 Å². The van der Waals surface area contributed by atoms with E-state index in [1.54, 1.807) is 0 Å². The van der Waals surface area contributed by atoms with E-state index in [0.29, 0.717) is 12.2 Å². The van der Waals surface area contributed by atoms with Crippen molar-refractivity contribution in [2.75, 3.05) is 0 Å². The lowest BCUT2D eigenvalue weighted by atomic mass is 9.48. The third-order valence-corrected chi connectivity index (χ3v) is 12.7. The second-order valence-corrected chi connectivity index (χ2v) is 14.6. The maximum Gasteiger partial charge on any atom is 0.150 e. The quantitative estimate of drug-likeness (QED) is 0.333. The van der Waals surface area contributed by atoms with Crippen LogP contribution in [0.4, 0.5) is 0 Å². The molecule has 4 fully saturated rings. The van der Waals surface area contributed by atoms with Crippen molar-refractivity contribution >= 4 is 23.5 Å². The van der Waals surface area contributed by atoms with Crippen LogP contribution in [0.2, 0.25) is 0 Å². The molecule has 0 heterocycles. The summed E-state index contributed by atoms with van der Waals surface area (Å²) in [5.74, 6) is 2.53. The standard InChI is InChI=1S/C32H35O2P/c1-23-12-14-27(15-13-23)30(19-31(33)32-20-24-16-25(21-32)18-26(17-24)22-32)35(34,28-8-4-2-5-9-28)29-10-6-3-7-11-29/h2-15,24-26,30H,16-22H2,1H3. The van der Waals surface area contributed by atoms with Crippen LogP contribution in [0.5, 0.6) is 0 Å². The number of hydrogen-bond donors (Lipinski definition) is 0. The van der Waals surface area contributed by atoms with Crippen molar-refractivity contribution in [3.8, 4) is 0 Å². The smallest absolute Gasteiger partial charge is 0.150 e. The normalized spacial score (nSPS) is 28.1. The molecule has 0 spiro atoms. The molecule has 0 radical (unpaired) electrons. The first-order chi connectivity index (χ1) is 17.0. The first-order valence-corrected chi connectivity index (χ1v) is 15.0. The van der Waals surface area contributed by atoms with Crippen molar-refractivity contribution in [3.63, 3.8) is 0 Å². The first kappa shape index (κ1) is 23.0. The van der Waals surface area contributed by atoms with Gasteiger partial charge in [-0.2, -0.15) is 0 Å². The van der Waals surface area contributed by atoms with E-state index in [1.165, 1.54) is 24.8 Å². The second-order valence-electron chi connectivity index (χ2n) is 11.6. The molecule has 180 valence electrons. The molecule has 0 saturated heterocycles. The predicted octanol–water partition coefficient (Wildman–Crippen LogP) is 7.23. The number of ketones is 1. The summed E-state index contributed by atoms with van der Waals surface area (Å²) < 4.78 is 15.4. The molecule has 3 aromatic rings.